The van der Waals surface area contributed by atoms with E-state index in [0.29, 0.717) is 30.7 Å². The summed E-state index contributed by atoms with van der Waals surface area (Å²) in [5.41, 5.74) is 0.0152. The second kappa shape index (κ2) is 8.79. The molecule has 0 aliphatic carbocycles. The average Bonchev–Trinajstić information content (AvgIpc) is 3.04. The summed E-state index contributed by atoms with van der Waals surface area (Å²) in [6.45, 7) is 6.78. The lowest BCUT2D eigenvalue weighted by Gasteiger charge is -2.16. The van der Waals surface area contributed by atoms with Crippen molar-refractivity contribution in [2.24, 2.45) is 7.05 Å². The van der Waals surface area contributed by atoms with E-state index < -0.39 is 13.3 Å². The Hall–Kier alpha value is -1.70. The lowest BCUT2D eigenvalue weighted by atomic mass is 10.4. The van der Waals surface area contributed by atoms with Crippen LogP contribution in [0.3, 0.4) is 0 Å². The summed E-state index contributed by atoms with van der Waals surface area (Å²) in [4.78, 5) is 29.4. The second-order valence-corrected chi connectivity index (χ2v) is 8.31. The first kappa shape index (κ1) is 20.6. The highest BCUT2D eigenvalue weighted by molar-refractivity contribution is 7.53. The molecule has 10 heteroatoms. The molecule has 0 aliphatic heterocycles. The van der Waals surface area contributed by atoms with Gasteiger partial charge in [0.05, 0.1) is 19.5 Å². The molecule has 0 radical (unpaired) electrons. The largest absolute Gasteiger partial charge is 0.332 e. The molecule has 0 spiro atoms. The predicted octanol–water partition coefficient (Wildman–Crippen LogP) is 1.96. The van der Waals surface area contributed by atoms with Crippen LogP contribution in [0.25, 0.3) is 11.2 Å². The minimum Gasteiger partial charge on any atom is -0.325 e. The molecule has 0 fully saturated rings. The molecule has 0 aliphatic rings. The molecular weight excluding hydrogens is 359 g/mol. The van der Waals surface area contributed by atoms with Crippen molar-refractivity contribution in [2.45, 2.75) is 46.7 Å². The van der Waals surface area contributed by atoms with Crippen LogP contribution in [-0.4, -0.2) is 38.1 Å². The van der Waals surface area contributed by atoms with Crippen molar-refractivity contribution in [3.05, 3.63) is 27.2 Å². The van der Waals surface area contributed by atoms with Gasteiger partial charge in [-0.05, 0) is 19.8 Å². The predicted molar refractivity (Wildman–Crippen MR) is 99.9 cm³/mol. The van der Waals surface area contributed by atoms with Crippen LogP contribution in [-0.2, 0) is 33.7 Å². The van der Waals surface area contributed by atoms with Gasteiger partial charge < -0.3 is 13.6 Å². The summed E-state index contributed by atoms with van der Waals surface area (Å²) in [6, 6.07) is 0. The van der Waals surface area contributed by atoms with E-state index in [2.05, 4.69) is 4.98 Å². The molecule has 0 aromatic carbocycles. The molecule has 2 heterocycles. The van der Waals surface area contributed by atoms with Crippen LogP contribution in [0.4, 0.5) is 0 Å². The Balaban J connectivity index is 2.22. The molecule has 2 aromatic rings. The minimum atomic E-state index is -3.09. The number of aromatic nitrogens is 4. The number of nitrogens with zero attached hydrogens (tertiary/aromatic N) is 4. The van der Waals surface area contributed by atoms with Crippen LogP contribution in [0.15, 0.2) is 15.9 Å². The number of rotatable bonds is 10. The molecule has 0 bridgehead atoms. The van der Waals surface area contributed by atoms with E-state index in [0.717, 1.165) is 6.42 Å². The first-order valence-electron chi connectivity index (χ1n) is 8.91. The van der Waals surface area contributed by atoms with Crippen molar-refractivity contribution in [1.82, 2.24) is 18.7 Å². The van der Waals surface area contributed by atoms with Gasteiger partial charge in [-0.2, -0.15) is 0 Å². The van der Waals surface area contributed by atoms with E-state index in [1.54, 1.807) is 31.8 Å². The van der Waals surface area contributed by atoms with Gasteiger partial charge in [-0.25, -0.2) is 9.78 Å². The highest BCUT2D eigenvalue weighted by Crippen LogP contribution is 2.47. The number of hydrogen-bond donors (Lipinski definition) is 0. The topological polar surface area (TPSA) is 97.4 Å². The summed E-state index contributed by atoms with van der Waals surface area (Å²) in [5, 5.41) is 0. The Labute approximate surface area is 152 Å². The highest BCUT2D eigenvalue weighted by Gasteiger charge is 2.21. The molecule has 0 amide bonds. The fourth-order valence-electron chi connectivity index (χ4n) is 2.77. The summed E-state index contributed by atoms with van der Waals surface area (Å²) < 4.78 is 27.1. The molecule has 2 aromatic heterocycles. The van der Waals surface area contributed by atoms with Gasteiger partial charge in [0.1, 0.15) is 0 Å². The van der Waals surface area contributed by atoms with Gasteiger partial charge in [-0.15, -0.1) is 0 Å². The van der Waals surface area contributed by atoms with Crippen LogP contribution >= 0.6 is 7.60 Å². The molecule has 146 valence electrons. The zero-order valence-corrected chi connectivity index (χ0v) is 16.7. The maximum atomic E-state index is 12.8. The summed E-state index contributed by atoms with van der Waals surface area (Å²) in [7, 11) is -1.49. The molecular formula is C16H27N4O5P. The van der Waals surface area contributed by atoms with Gasteiger partial charge in [0, 0.05) is 26.3 Å². The monoisotopic (exact) mass is 386 g/mol. The van der Waals surface area contributed by atoms with Crippen molar-refractivity contribution in [1.29, 1.82) is 0 Å². The Kier molecular flexibility index (Phi) is 6.97. The highest BCUT2D eigenvalue weighted by atomic mass is 31.2. The van der Waals surface area contributed by atoms with E-state index in [-0.39, 0.29) is 24.9 Å². The average molecular weight is 386 g/mol. The molecule has 1 unspecified atom stereocenters. The Morgan fingerprint density at radius 3 is 2.50 bits per heavy atom. The Morgan fingerprint density at radius 1 is 1.15 bits per heavy atom. The molecule has 0 saturated carbocycles. The maximum Gasteiger partial charge on any atom is 0.332 e. The zero-order valence-electron chi connectivity index (χ0n) is 15.8. The van der Waals surface area contributed by atoms with Crippen LogP contribution < -0.4 is 11.2 Å². The summed E-state index contributed by atoms with van der Waals surface area (Å²) in [6.07, 6.45) is 3.09. The van der Waals surface area contributed by atoms with Crippen LogP contribution in [0, 0.1) is 0 Å². The van der Waals surface area contributed by atoms with Gasteiger partial charge in [-0.3, -0.25) is 18.5 Å². The molecule has 26 heavy (non-hydrogen) atoms. The number of aryl methyl sites for hydroxylation is 2. The number of imidazole rings is 1. The van der Waals surface area contributed by atoms with Gasteiger partial charge in [0.25, 0.3) is 5.56 Å². The Bertz CT molecular complexity index is 914. The van der Waals surface area contributed by atoms with Gasteiger partial charge >= 0.3 is 13.3 Å². The third-order valence-electron chi connectivity index (χ3n) is 4.09. The number of hydrogen-bond acceptors (Lipinski definition) is 6. The molecule has 0 saturated heterocycles. The van der Waals surface area contributed by atoms with Crippen molar-refractivity contribution >= 4 is 18.8 Å². The van der Waals surface area contributed by atoms with E-state index in [4.69, 9.17) is 9.05 Å². The van der Waals surface area contributed by atoms with Crippen molar-refractivity contribution in [3.63, 3.8) is 0 Å². The molecule has 9 nitrogen and oxygen atoms in total. The van der Waals surface area contributed by atoms with Crippen molar-refractivity contribution in [2.75, 3.05) is 19.4 Å². The first-order valence-corrected chi connectivity index (χ1v) is 10.6. The van der Waals surface area contributed by atoms with Gasteiger partial charge in [-0.1, -0.05) is 13.8 Å². The van der Waals surface area contributed by atoms with Crippen LogP contribution in [0.1, 0.15) is 33.6 Å². The lowest BCUT2D eigenvalue weighted by Crippen LogP contribution is -2.39. The van der Waals surface area contributed by atoms with E-state index in [9.17, 15) is 14.2 Å². The molecule has 2 rings (SSSR count). The van der Waals surface area contributed by atoms with E-state index >= 15 is 0 Å². The SMILES string of the molecule is CCCn1cnc2c1c(=O)n(CCCOP(=O)(CC)OCC)c(=O)n2C. The fraction of sp³-hybridized carbons (Fsp3) is 0.688. The third kappa shape index (κ3) is 4.16. The van der Waals surface area contributed by atoms with Crippen LogP contribution in [0.5, 0.6) is 0 Å². The normalized spacial score (nSPS) is 14.0. The molecule has 1 atom stereocenters. The van der Waals surface area contributed by atoms with E-state index in [1.165, 1.54) is 9.13 Å². The van der Waals surface area contributed by atoms with Crippen molar-refractivity contribution < 1.29 is 13.6 Å². The smallest absolute Gasteiger partial charge is 0.325 e. The van der Waals surface area contributed by atoms with E-state index in [1.807, 2.05) is 6.92 Å². The Morgan fingerprint density at radius 2 is 1.88 bits per heavy atom. The van der Waals surface area contributed by atoms with Crippen LogP contribution in [0.2, 0.25) is 0 Å². The second-order valence-electron chi connectivity index (χ2n) is 5.94. The minimum absolute atomic E-state index is 0.146. The van der Waals surface area contributed by atoms with Gasteiger partial charge in [0.15, 0.2) is 11.2 Å². The lowest BCUT2D eigenvalue weighted by molar-refractivity contribution is 0.207. The van der Waals surface area contributed by atoms with Crippen molar-refractivity contribution in [3.8, 4) is 0 Å². The quantitative estimate of drug-likeness (QED) is 0.457. The standard InChI is InChI=1S/C16H27N4O5P/c1-5-9-19-12-17-14-13(19)15(21)20(16(22)18(14)4)10-8-11-25-26(23,7-3)24-6-2/h12H,5-11H2,1-4H3. The maximum absolute atomic E-state index is 12.8. The number of fused-ring (bicyclic) bond motifs is 1. The first-order chi connectivity index (χ1) is 12.4. The summed E-state index contributed by atoms with van der Waals surface area (Å²) in [5.74, 6) is 0. The summed E-state index contributed by atoms with van der Waals surface area (Å²) >= 11 is 0. The van der Waals surface area contributed by atoms with Gasteiger partial charge in [0.2, 0.25) is 0 Å². The molecule has 0 N–H and O–H groups in total. The third-order valence-corrected chi connectivity index (χ3v) is 6.10. The zero-order chi connectivity index (χ0) is 19.3. The fourth-order valence-corrected chi connectivity index (χ4v) is 4.01.